The lowest BCUT2D eigenvalue weighted by Gasteiger charge is -1.96. The Morgan fingerprint density at radius 2 is 2.33 bits per heavy atom. The first-order valence-corrected chi connectivity index (χ1v) is 6.03. The number of alkyl halides is 1. The standard InChI is InChI=1S/C9H9FN2OS2/c1-13-3-7-8(15-5-11-7)9-12-6(2-10)4-14-9/h4-5H,2-3H2,1H3. The molecule has 2 heterocycles. The minimum Gasteiger partial charge on any atom is -0.378 e. The lowest BCUT2D eigenvalue weighted by Crippen LogP contribution is -1.89. The summed E-state index contributed by atoms with van der Waals surface area (Å²) in [5.41, 5.74) is 3.09. The van der Waals surface area contributed by atoms with Gasteiger partial charge in [0.2, 0.25) is 0 Å². The fourth-order valence-electron chi connectivity index (χ4n) is 1.16. The highest BCUT2D eigenvalue weighted by Gasteiger charge is 2.12. The largest absolute Gasteiger partial charge is 0.378 e. The Balaban J connectivity index is 2.31. The number of hydrogen-bond donors (Lipinski definition) is 0. The molecule has 2 aromatic rings. The van der Waals surface area contributed by atoms with Gasteiger partial charge in [-0.25, -0.2) is 14.4 Å². The molecular formula is C9H9FN2OS2. The number of halogens is 1. The van der Waals surface area contributed by atoms with Crippen LogP contribution in [0.25, 0.3) is 9.88 Å². The molecule has 0 unspecified atom stereocenters. The summed E-state index contributed by atoms with van der Waals surface area (Å²) in [6.45, 7) is -0.0573. The molecule has 2 rings (SSSR count). The van der Waals surface area contributed by atoms with Crippen LogP contribution in [0.3, 0.4) is 0 Å². The smallest absolute Gasteiger partial charge is 0.135 e. The van der Waals surface area contributed by atoms with Crippen molar-refractivity contribution >= 4 is 22.7 Å². The highest BCUT2D eigenvalue weighted by molar-refractivity contribution is 7.20. The van der Waals surface area contributed by atoms with Crippen molar-refractivity contribution < 1.29 is 9.13 Å². The molecule has 0 aliphatic heterocycles. The SMILES string of the molecule is COCc1ncsc1-c1nc(CF)cs1. The molecule has 0 N–H and O–H groups in total. The van der Waals surface area contributed by atoms with Gasteiger partial charge in [-0.1, -0.05) is 0 Å². The van der Waals surface area contributed by atoms with Gasteiger partial charge in [-0.15, -0.1) is 22.7 Å². The zero-order chi connectivity index (χ0) is 10.7. The molecule has 0 amide bonds. The van der Waals surface area contributed by atoms with Gasteiger partial charge in [-0.05, 0) is 0 Å². The van der Waals surface area contributed by atoms with Gasteiger partial charge in [0.05, 0.1) is 28.4 Å². The maximum Gasteiger partial charge on any atom is 0.135 e. The lowest BCUT2D eigenvalue weighted by atomic mass is 10.4. The van der Waals surface area contributed by atoms with Gasteiger partial charge in [0, 0.05) is 12.5 Å². The Kier molecular flexibility index (Phi) is 3.40. The molecule has 0 aliphatic rings. The van der Waals surface area contributed by atoms with E-state index in [0.717, 1.165) is 15.6 Å². The minimum atomic E-state index is -0.519. The average molecular weight is 244 g/mol. The third kappa shape index (κ3) is 2.22. The zero-order valence-electron chi connectivity index (χ0n) is 8.07. The summed E-state index contributed by atoms with van der Waals surface area (Å²) >= 11 is 2.94. The first-order chi connectivity index (χ1) is 7.35. The fourth-order valence-corrected chi connectivity index (χ4v) is 2.88. The summed E-state index contributed by atoms with van der Waals surface area (Å²) in [5.74, 6) is 0. The number of thiazole rings is 2. The second-order valence-electron chi connectivity index (χ2n) is 2.84. The van der Waals surface area contributed by atoms with Crippen molar-refractivity contribution in [2.45, 2.75) is 13.3 Å². The van der Waals surface area contributed by atoms with Crippen molar-refractivity contribution in [3.05, 3.63) is 22.3 Å². The number of ether oxygens (including phenoxy) is 1. The number of rotatable bonds is 4. The normalized spacial score (nSPS) is 10.8. The van der Waals surface area contributed by atoms with E-state index < -0.39 is 6.67 Å². The predicted octanol–water partition coefficient (Wildman–Crippen LogP) is 2.88. The third-order valence-electron chi connectivity index (χ3n) is 1.81. The molecule has 0 aliphatic carbocycles. The van der Waals surface area contributed by atoms with Crippen molar-refractivity contribution in [2.75, 3.05) is 7.11 Å². The molecule has 80 valence electrons. The number of nitrogens with zero attached hydrogens (tertiary/aromatic N) is 2. The summed E-state index contributed by atoms with van der Waals surface area (Å²) in [6, 6.07) is 0. The maximum atomic E-state index is 12.3. The van der Waals surface area contributed by atoms with Gasteiger partial charge in [0.1, 0.15) is 11.7 Å². The van der Waals surface area contributed by atoms with Crippen molar-refractivity contribution in [3.8, 4) is 9.88 Å². The monoisotopic (exact) mass is 244 g/mol. The second-order valence-corrected chi connectivity index (χ2v) is 4.55. The van der Waals surface area contributed by atoms with Crippen molar-refractivity contribution in [2.24, 2.45) is 0 Å². The second kappa shape index (κ2) is 4.78. The van der Waals surface area contributed by atoms with Crippen molar-refractivity contribution in [1.29, 1.82) is 0 Å². The summed E-state index contributed by atoms with van der Waals surface area (Å²) in [7, 11) is 1.62. The van der Waals surface area contributed by atoms with Crippen molar-refractivity contribution in [1.82, 2.24) is 9.97 Å². The molecule has 0 spiro atoms. The number of aromatic nitrogens is 2. The molecule has 0 fully saturated rings. The summed E-state index contributed by atoms with van der Waals surface area (Å²) in [6.07, 6.45) is 0. The molecule has 0 saturated heterocycles. The van der Waals surface area contributed by atoms with Gasteiger partial charge in [0.25, 0.3) is 0 Å². The number of hydrogen-bond acceptors (Lipinski definition) is 5. The van der Waals surface area contributed by atoms with E-state index in [4.69, 9.17) is 4.74 Å². The first kappa shape index (κ1) is 10.7. The van der Waals surface area contributed by atoms with Crippen LogP contribution < -0.4 is 0 Å². The fraction of sp³-hybridized carbons (Fsp3) is 0.333. The molecule has 6 heteroatoms. The molecule has 0 radical (unpaired) electrons. The van der Waals surface area contributed by atoms with E-state index in [1.165, 1.54) is 22.7 Å². The lowest BCUT2D eigenvalue weighted by molar-refractivity contribution is 0.182. The van der Waals surface area contributed by atoms with Gasteiger partial charge in [-0.3, -0.25) is 0 Å². The van der Waals surface area contributed by atoms with Crippen LogP contribution in [0.15, 0.2) is 10.9 Å². The number of methoxy groups -OCH3 is 1. The van der Waals surface area contributed by atoms with E-state index in [1.807, 2.05) is 0 Å². The molecule has 0 bridgehead atoms. The molecule has 0 aromatic carbocycles. The molecular weight excluding hydrogens is 235 g/mol. The minimum absolute atomic E-state index is 0.462. The summed E-state index contributed by atoms with van der Waals surface area (Å²) in [5, 5.41) is 2.54. The van der Waals surface area contributed by atoms with Gasteiger partial charge < -0.3 is 4.74 Å². The van der Waals surface area contributed by atoms with Crippen LogP contribution in [0.4, 0.5) is 4.39 Å². The Bertz CT molecular complexity index is 441. The van der Waals surface area contributed by atoms with E-state index in [2.05, 4.69) is 9.97 Å². The van der Waals surface area contributed by atoms with E-state index in [-0.39, 0.29) is 0 Å². The topological polar surface area (TPSA) is 35.0 Å². The van der Waals surface area contributed by atoms with Crippen LogP contribution in [0, 0.1) is 0 Å². The van der Waals surface area contributed by atoms with Crippen LogP contribution in [0.1, 0.15) is 11.4 Å². The van der Waals surface area contributed by atoms with Gasteiger partial charge in [-0.2, -0.15) is 0 Å². The molecule has 3 nitrogen and oxygen atoms in total. The average Bonchev–Trinajstić information content (AvgIpc) is 2.85. The Morgan fingerprint density at radius 3 is 3.00 bits per heavy atom. The Hall–Kier alpha value is -0.850. The van der Waals surface area contributed by atoms with Crippen molar-refractivity contribution in [3.63, 3.8) is 0 Å². The van der Waals surface area contributed by atoms with Gasteiger partial charge >= 0.3 is 0 Å². The summed E-state index contributed by atoms with van der Waals surface area (Å²) < 4.78 is 17.4. The van der Waals surface area contributed by atoms with Crippen LogP contribution >= 0.6 is 22.7 Å². The summed E-state index contributed by atoms with van der Waals surface area (Å²) in [4.78, 5) is 9.33. The predicted molar refractivity (Wildman–Crippen MR) is 58.7 cm³/mol. The van der Waals surface area contributed by atoms with Crippen LogP contribution in [-0.4, -0.2) is 17.1 Å². The first-order valence-electron chi connectivity index (χ1n) is 4.27. The molecule has 0 saturated carbocycles. The zero-order valence-corrected chi connectivity index (χ0v) is 9.70. The highest BCUT2D eigenvalue weighted by atomic mass is 32.1. The van der Waals surface area contributed by atoms with Gasteiger partial charge in [0.15, 0.2) is 0 Å². The molecule has 15 heavy (non-hydrogen) atoms. The Morgan fingerprint density at radius 1 is 1.47 bits per heavy atom. The van der Waals surface area contributed by atoms with E-state index in [1.54, 1.807) is 18.0 Å². The van der Waals surface area contributed by atoms with Crippen LogP contribution in [-0.2, 0) is 18.0 Å². The van der Waals surface area contributed by atoms with E-state index in [9.17, 15) is 4.39 Å². The third-order valence-corrected chi connectivity index (χ3v) is 3.72. The van der Waals surface area contributed by atoms with Crippen LogP contribution in [0.2, 0.25) is 0 Å². The quantitative estimate of drug-likeness (QED) is 0.829. The van der Waals surface area contributed by atoms with Crippen LogP contribution in [0.5, 0.6) is 0 Å². The van der Waals surface area contributed by atoms with E-state index >= 15 is 0 Å². The Labute approximate surface area is 94.6 Å². The molecule has 2 aromatic heterocycles. The maximum absolute atomic E-state index is 12.3. The highest BCUT2D eigenvalue weighted by Crippen LogP contribution is 2.30. The molecule has 0 atom stereocenters. The van der Waals surface area contributed by atoms with E-state index in [0.29, 0.717) is 12.3 Å².